The zero-order chi connectivity index (χ0) is 15.8. The van der Waals surface area contributed by atoms with E-state index >= 15 is 0 Å². The summed E-state index contributed by atoms with van der Waals surface area (Å²) in [5.41, 5.74) is 8.41. The maximum atomic E-state index is 12.5. The third-order valence-corrected chi connectivity index (χ3v) is 5.93. The van der Waals surface area contributed by atoms with E-state index in [9.17, 15) is 8.42 Å². The molecule has 2 rings (SSSR count). The van der Waals surface area contributed by atoms with Crippen LogP contribution < -0.4 is 10.5 Å². The molecule has 0 saturated carbocycles. The minimum Gasteiger partial charge on any atom is -0.398 e. The van der Waals surface area contributed by atoms with Crippen molar-refractivity contribution in [2.45, 2.75) is 18.7 Å². The maximum Gasteiger partial charge on any atom is 0.263 e. The molecule has 0 spiro atoms. The van der Waals surface area contributed by atoms with Gasteiger partial charge in [0.2, 0.25) is 0 Å². The molecule has 21 heavy (non-hydrogen) atoms. The number of rotatable bonds is 3. The van der Waals surface area contributed by atoms with E-state index in [0.29, 0.717) is 10.2 Å². The molecule has 0 fully saturated rings. The first-order valence-corrected chi connectivity index (χ1v) is 8.71. The Morgan fingerprint density at radius 2 is 1.90 bits per heavy atom. The van der Waals surface area contributed by atoms with Crippen molar-refractivity contribution in [2.24, 2.45) is 0 Å². The van der Waals surface area contributed by atoms with E-state index in [-0.39, 0.29) is 15.6 Å². The Balaban J connectivity index is 2.51. The van der Waals surface area contributed by atoms with Gasteiger partial charge in [-0.3, -0.25) is 4.72 Å². The highest BCUT2D eigenvalue weighted by molar-refractivity contribution is 9.10. The van der Waals surface area contributed by atoms with E-state index in [1.165, 1.54) is 12.1 Å². The molecule has 112 valence electrons. The Morgan fingerprint density at radius 1 is 1.24 bits per heavy atom. The van der Waals surface area contributed by atoms with E-state index in [2.05, 4.69) is 20.7 Å². The van der Waals surface area contributed by atoms with Crippen molar-refractivity contribution in [3.63, 3.8) is 0 Å². The fourth-order valence-corrected chi connectivity index (χ4v) is 4.26. The van der Waals surface area contributed by atoms with Crippen molar-refractivity contribution in [3.8, 4) is 0 Å². The van der Waals surface area contributed by atoms with Crippen molar-refractivity contribution in [3.05, 3.63) is 51.0 Å². The Bertz CT molecular complexity index is 807. The van der Waals surface area contributed by atoms with E-state index in [4.69, 9.17) is 17.3 Å². The molecule has 0 heterocycles. The minimum absolute atomic E-state index is 0.00778. The highest BCUT2D eigenvalue weighted by Gasteiger charge is 2.21. The van der Waals surface area contributed by atoms with E-state index in [0.717, 1.165) is 11.1 Å². The zero-order valence-electron chi connectivity index (χ0n) is 11.4. The summed E-state index contributed by atoms with van der Waals surface area (Å²) < 4.78 is 27.9. The zero-order valence-corrected chi connectivity index (χ0v) is 14.6. The summed E-state index contributed by atoms with van der Waals surface area (Å²) >= 11 is 9.09. The number of nitrogens with one attached hydrogen (secondary N) is 1. The van der Waals surface area contributed by atoms with Gasteiger partial charge in [-0.05, 0) is 59.1 Å². The number of halogens is 2. The van der Waals surface area contributed by atoms with Gasteiger partial charge in [-0.2, -0.15) is 0 Å². The predicted octanol–water partition coefficient (Wildman–Crippen LogP) is 4.10. The lowest BCUT2D eigenvalue weighted by molar-refractivity contribution is 0.600. The molecule has 0 saturated heterocycles. The molecule has 7 heteroatoms. The van der Waals surface area contributed by atoms with Crippen LogP contribution in [0.5, 0.6) is 0 Å². The van der Waals surface area contributed by atoms with Crippen LogP contribution in [-0.4, -0.2) is 8.42 Å². The average molecular weight is 390 g/mol. The number of sulfonamides is 1. The maximum absolute atomic E-state index is 12.5. The number of aryl methyl sites for hydroxylation is 1. The lowest BCUT2D eigenvalue weighted by Gasteiger charge is -2.14. The quantitative estimate of drug-likeness (QED) is 0.776. The van der Waals surface area contributed by atoms with E-state index in [1.807, 2.05) is 19.9 Å². The summed E-state index contributed by atoms with van der Waals surface area (Å²) in [6.45, 7) is 3.77. The summed E-state index contributed by atoms with van der Waals surface area (Å²) in [6.07, 6.45) is 0. The fraction of sp³-hybridized carbons (Fsp3) is 0.143. The first kappa shape index (κ1) is 16.1. The van der Waals surface area contributed by atoms with Crippen LogP contribution in [0.15, 0.2) is 39.7 Å². The molecule has 3 N–H and O–H groups in total. The smallest absolute Gasteiger partial charge is 0.263 e. The molecule has 2 aromatic carbocycles. The second-order valence-electron chi connectivity index (χ2n) is 4.66. The van der Waals surface area contributed by atoms with Crippen molar-refractivity contribution in [1.82, 2.24) is 0 Å². The topological polar surface area (TPSA) is 72.2 Å². The molecule has 0 aromatic heterocycles. The summed E-state index contributed by atoms with van der Waals surface area (Å²) in [5, 5.41) is 0.261. The van der Waals surface area contributed by atoms with Gasteiger partial charge < -0.3 is 5.73 Å². The van der Waals surface area contributed by atoms with Crippen LogP contribution in [0.1, 0.15) is 11.1 Å². The van der Waals surface area contributed by atoms with Crippen LogP contribution in [0.3, 0.4) is 0 Å². The van der Waals surface area contributed by atoms with Gasteiger partial charge in [-0.15, -0.1) is 0 Å². The number of anilines is 2. The third-order valence-electron chi connectivity index (χ3n) is 3.17. The lowest BCUT2D eigenvalue weighted by atomic mass is 10.1. The van der Waals surface area contributed by atoms with Gasteiger partial charge in [0, 0.05) is 10.7 Å². The normalized spacial score (nSPS) is 11.4. The fourth-order valence-electron chi connectivity index (χ4n) is 1.84. The molecule has 0 unspecified atom stereocenters. The third kappa shape index (κ3) is 3.33. The van der Waals surface area contributed by atoms with Crippen molar-refractivity contribution >= 4 is 48.9 Å². The SMILES string of the molecule is Cc1cccc(NS(=O)(=O)c2cc(Cl)cc(N)c2Br)c1C. The highest BCUT2D eigenvalue weighted by Crippen LogP contribution is 2.33. The lowest BCUT2D eigenvalue weighted by Crippen LogP contribution is -2.15. The van der Waals surface area contributed by atoms with Gasteiger partial charge >= 0.3 is 0 Å². The highest BCUT2D eigenvalue weighted by atomic mass is 79.9. The molecular weight excluding hydrogens is 376 g/mol. The average Bonchev–Trinajstić information content (AvgIpc) is 2.39. The summed E-state index contributed by atoms with van der Waals surface area (Å²) in [5.74, 6) is 0. The predicted molar refractivity (Wildman–Crippen MR) is 90.3 cm³/mol. The molecular formula is C14H14BrClN2O2S. The van der Waals surface area contributed by atoms with Crippen LogP contribution >= 0.6 is 27.5 Å². The molecule has 0 aliphatic heterocycles. The monoisotopic (exact) mass is 388 g/mol. The summed E-state index contributed by atoms with van der Waals surface area (Å²) in [6, 6.07) is 8.27. The van der Waals surface area contributed by atoms with Crippen LogP contribution in [0.2, 0.25) is 5.02 Å². The van der Waals surface area contributed by atoms with Gasteiger partial charge in [-0.1, -0.05) is 23.7 Å². The Hall–Kier alpha value is -1.24. The first-order chi connectivity index (χ1) is 9.72. The molecule has 0 aliphatic rings. The summed E-state index contributed by atoms with van der Waals surface area (Å²) in [4.78, 5) is 0.00778. The van der Waals surface area contributed by atoms with Gasteiger partial charge in [-0.25, -0.2) is 8.42 Å². The molecule has 0 aliphatic carbocycles. The Kier molecular flexibility index (Phi) is 4.51. The number of nitrogens with two attached hydrogens (primary N) is 1. The van der Waals surface area contributed by atoms with Crippen LogP contribution in [-0.2, 0) is 10.0 Å². The molecule has 0 bridgehead atoms. The molecule has 4 nitrogen and oxygen atoms in total. The number of nitrogen functional groups attached to an aromatic ring is 1. The van der Waals surface area contributed by atoms with Crippen LogP contribution in [0.4, 0.5) is 11.4 Å². The molecule has 2 aromatic rings. The van der Waals surface area contributed by atoms with Gasteiger partial charge in [0.1, 0.15) is 4.90 Å². The van der Waals surface area contributed by atoms with Gasteiger partial charge in [0.05, 0.1) is 10.2 Å². The van der Waals surface area contributed by atoms with Crippen molar-refractivity contribution in [1.29, 1.82) is 0 Å². The first-order valence-electron chi connectivity index (χ1n) is 6.06. The van der Waals surface area contributed by atoms with Crippen LogP contribution in [0, 0.1) is 13.8 Å². The second-order valence-corrected chi connectivity index (χ2v) is 7.54. The summed E-state index contributed by atoms with van der Waals surface area (Å²) in [7, 11) is -3.79. The minimum atomic E-state index is -3.79. The van der Waals surface area contributed by atoms with Crippen molar-refractivity contribution in [2.75, 3.05) is 10.5 Å². The number of hydrogen-bond donors (Lipinski definition) is 2. The second kappa shape index (κ2) is 5.87. The molecule has 0 atom stereocenters. The van der Waals surface area contributed by atoms with Gasteiger partial charge in [0.15, 0.2) is 0 Å². The number of hydrogen-bond acceptors (Lipinski definition) is 3. The Labute approximate surface area is 137 Å². The number of benzene rings is 2. The Morgan fingerprint density at radius 3 is 2.57 bits per heavy atom. The van der Waals surface area contributed by atoms with Crippen molar-refractivity contribution < 1.29 is 8.42 Å². The van der Waals surface area contributed by atoms with Crippen LogP contribution in [0.25, 0.3) is 0 Å². The molecule has 0 radical (unpaired) electrons. The van der Waals surface area contributed by atoms with E-state index in [1.54, 1.807) is 12.1 Å². The largest absolute Gasteiger partial charge is 0.398 e. The standard InChI is InChI=1S/C14H14BrClN2O2S/c1-8-4-3-5-12(9(8)2)18-21(19,20)13-7-10(16)6-11(17)14(13)15/h3-7,18H,17H2,1-2H3. The van der Waals surface area contributed by atoms with E-state index < -0.39 is 10.0 Å². The van der Waals surface area contributed by atoms with Gasteiger partial charge in [0.25, 0.3) is 10.0 Å². The molecule has 0 amide bonds.